The van der Waals surface area contributed by atoms with Crippen LogP contribution in [0.5, 0.6) is 0 Å². The molecule has 0 unspecified atom stereocenters. The molecule has 106 valence electrons. The largest absolute Gasteiger partial charge is 0.392 e. The summed E-state index contributed by atoms with van der Waals surface area (Å²) in [6.45, 7) is -0.161. The first kappa shape index (κ1) is 15.0. The number of aliphatic hydroxyl groups excluding tert-OH is 1. The van der Waals surface area contributed by atoms with Gasteiger partial charge in [0.25, 0.3) is 10.0 Å². The molecule has 4 nitrogen and oxygen atoms in total. The zero-order valence-electron chi connectivity index (χ0n) is 10.2. The predicted octanol–water partition coefficient (Wildman–Crippen LogP) is 2.88. The third-order valence-corrected chi connectivity index (χ3v) is 4.63. The zero-order chi connectivity index (χ0) is 14.8. The minimum Gasteiger partial charge on any atom is -0.392 e. The highest BCUT2D eigenvalue weighted by Gasteiger charge is 2.14. The van der Waals surface area contributed by atoms with Crippen LogP contribution in [0.3, 0.4) is 0 Å². The molecule has 0 aliphatic rings. The fourth-order valence-corrected chi connectivity index (χ4v) is 2.84. The Kier molecular flexibility index (Phi) is 4.42. The number of anilines is 1. The molecule has 0 amide bonds. The smallest absolute Gasteiger partial charge is 0.261 e. The Bertz CT molecular complexity index is 717. The van der Waals surface area contributed by atoms with Crippen molar-refractivity contribution in [3.05, 3.63) is 58.3 Å². The van der Waals surface area contributed by atoms with E-state index in [4.69, 9.17) is 5.11 Å². The highest BCUT2D eigenvalue weighted by molar-refractivity contribution is 9.10. The van der Waals surface area contributed by atoms with E-state index in [2.05, 4.69) is 20.7 Å². The molecule has 2 rings (SSSR count). The maximum Gasteiger partial charge on any atom is 0.261 e. The average molecular weight is 360 g/mol. The van der Waals surface area contributed by atoms with Gasteiger partial charge in [-0.3, -0.25) is 4.72 Å². The van der Waals surface area contributed by atoms with E-state index in [1.165, 1.54) is 36.4 Å². The van der Waals surface area contributed by atoms with Crippen LogP contribution in [0.25, 0.3) is 0 Å². The molecule has 20 heavy (non-hydrogen) atoms. The number of sulfonamides is 1. The van der Waals surface area contributed by atoms with Crippen LogP contribution in [-0.4, -0.2) is 13.5 Å². The van der Waals surface area contributed by atoms with Gasteiger partial charge in [0.1, 0.15) is 5.82 Å². The number of hydrogen-bond donors (Lipinski definition) is 2. The van der Waals surface area contributed by atoms with Gasteiger partial charge in [0.2, 0.25) is 0 Å². The van der Waals surface area contributed by atoms with Gasteiger partial charge in [0.05, 0.1) is 21.7 Å². The van der Waals surface area contributed by atoms with Crippen LogP contribution < -0.4 is 4.72 Å². The summed E-state index contributed by atoms with van der Waals surface area (Å²) in [5, 5.41) is 8.91. The van der Waals surface area contributed by atoms with Gasteiger partial charge >= 0.3 is 0 Å². The number of benzene rings is 2. The summed E-state index contributed by atoms with van der Waals surface area (Å²) in [4.78, 5) is 0.0398. The van der Waals surface area contributed by atoms with Crippen molar-refractivity contribution in [2.75, 3.05) is 4.72 Å². The van der Waals surface area contributed by atoms with Crippen LogP contribution in [0, 0.1) is 5.82 Å². The Morgan fingerprint density at radius 3 is 2.35 bits per heavy atom. The Labute approximate surface area is 124 Å². The molecule has 0 atom stereocenters. The molecule has 7 heteroatoms. The van der Waals surface area contributed by atoms with Gasteiger partial charge in [-0.2, -0.15) is 0 Å². The standard InChI is InChI=1S/C13H11BrFNO3S/c14-12-6-3-10(7-13(12)15)16-20(18,19)11-4-1-9(8-17)2-5-11/h1-7,16-17H,8H2. The fraction of sp³-hybridized carbons (Fsp3) is 0.0769. The summed E-state index contributed by atoms with van der Waals surface area (Å²) in [6.07, 6.45) is 0. The van der Waals surface area contributed by atoms with E-state index in [1.54, 1.807) is 0 Å². The van der Waals surface area contributed by atoms with Crippen LogP contribution in [-0.2, 0) is 16.6 Å². The highest BCUT2D eigenvalue weighted by atomic mass is 79.9. The lowest BCUT2D eigenvalue weighted by Gasteiger charge is -2.09. The Morgan fingerprint density at radius 2 is 1.80 bits per heavy atom. The summed E-state index contributed by atoms with van der Waals surface area (Å²) >= 11 is 2.99. The molecule has 0 heterocycles. The van der Waals surface area contributed by atoms with Crippen molar-refractivity contribution in [2.45, 2.75) is 11.5 Å². The maximum atomic E-state index is 13.3. The van der Waals surface area contributed by atoms with Crippen molar-refractivity contribution in [3.8, 4) is 0 Å². The van der Waals surface area contributed by atoms with Crippen molar-refractivity contribution < 1.29 is 17.9 Å². The van der Waals surface area contributed by atoms with E-state index in [1.807, 2.05) is 0 Å². The van der Waals surface area contributed by atoms with E-state index in [-0.39, 0.29) is 21.7 Å². The number of rotatable bonds is 4. The lowest BCUT2D eigenvalue weighted by molar-refractivity contribution is 0.282. The normalized spacial score (nSPS) is 11.3. The lowest BCUT2D eigenvalue weighted by Crippen LogP contribution is -2.13. The van der Waals surface area contributed by atoms with Crippen molar-refractivity contribution in [1.29, 1.82) is 0 Å². The molecule has 2 N–H and O–H groups in total. The second-order valence-electron chi connectivity index (χ2n) is 4.04. The molecule has 0 aliphatic heterocycles. The van der Waals surface area contributed by atoms with Crippen LogP contribution in [0.2, 0.25) is 0 Å². The Morgan fingerprint density at radius 1 is 1.15 bits per heavy atom. The molecular weight excluding hydrogens is 349 g/mol. The van der Waals surface area contributed by atoms with Gasteiger partial charge in [-0.05, 0) is 51.8 Å². The molecule has 2 aromatic carbocycles. The molecule has 2 aromatic rings. The van der Waals surface area contributed by atoms with Crippen LogP contribution in [0.1, 0.15) is 5.56 Å². The van der Waals surface area contributed by atoms with Crippen molar-refractivity contribution in [2.24, 2.45) is 0 Å². The molecule has 0 saturated carbocycles. The molecule has 0 aromatic heterocycles. The third kappa shape index (κ3) is 3.36. The summed E-state index contributed by atoms with van der Waals surface area (Å²) in [7, 11) is -3.78. The predicted molar refractivity (Wildman–Crippen MR) is 77.3 cm³/mol. The minimum atomic E-state index is -3.78. The van der Waals surface area contributed by atoms with E-state index in [0.29, 0.717) is 5.56 Å². The fourth-order valence-electron chi connectivity index (χ4n) is 1.55. The van der Waals surface area contributed by atoms with Crippen LogP contribution in [0.4, 0.5) is 10.1 Å². The van der Waals surface area contributed by atoms with Gasteiger partial charge in [-0.1, -0.05) is 12.1 Å². The number of halogens is 2. The first-order valence-electron chi connectivity index (χ1n) is 5.60. The first-order valence-corrected chi connectivity index (χ1v) is 7.87. The van der Waals surface area contributed by atoms with Crippen molar-refractivity contribution in [1.82, 2.24) is 0 Å². The maximum absolute atomic E-state index is 13.3. The third-order valence-electron chi connectivity index (χ3n) is 2.59. The molecular formula is C13H11BrFNO3S. The van der Waals surface area contributed by atoms with Gasteiger partial charge < -0.3 is 5.11 Å². The quantitative estimate of drug-likeness (QED) is 0.881. The summed E-state index contributed by atoms with van der Waals surface area (Å²) < 4.78 is 40.1. The monoisotopic (exact) mass is 359 g/mol. The summed E-state index contributed by atoms with van der Waals surface area (Å²) in [5.41, 5.74) is 0.746. The first-order chi connectivity index (χ1) is 9.42. The van der Waals surface area contributed by atoms with Crippen LogP contribution in [0.15, 0.2) is 51.8 Å². The van der Waals surface area contributed by atoms with E-state index >= 15 is 0 Å². The molecule has 0 saturated heterocycles. The molecule has 0 fully saturated rings. The number of hydrogen-bond acceptors (Lipinski definition) is 3. The second kappa shape index (κ2) is 5.90. The topological polar surface area (TPSA) is 66.4 Å². The summed E-state index contributed by atoms with van der Waals surface area (Å²) in [6, 6.07) is 9.73. The highest BCUT2D eigenvalue weighted by Crippen LogP contribution is 2.22. The Hall–Kier alpha value is -1.44. The number of nitrogens with one attached hydrogen (secondary N) is 1. The van der Waals surface area contributed by atoms with Crippen molar-refractivity contribution in [3.63, 3.8) is 0 Å². The molecule has 0 aliphatic carbocycles. The molecule has 0 spiro atoms. The second-order valence-corrected chi connectivity index (χ2v) is 6.57. The SMILES string of the molecule is O=S(=O)(Nc1ccc(Br)c(F)c1)c1ccc(CO)cc1. The molecule has 0 radical (unpaired) electrons. The van der Waals surface area contributed by atoms with Gasteiger partial charge in [0, 0.05) is 0 Å². The molecule has 0 bridgehead atoms. The van der Waals surface area contributed by atoms with Crippen molar-refractivity contribution >= 4 is 31.6 Å². The zero-order valence-corrected chi connectivity index (χ0v) is 12.6. The van der Waals surface area contributed by atoms with E-state index in [9.17, 15) is 12.8 Å². The number of aliphatic hydroxyl groups is 1. The average Bonchev–Trinajstić information content (AvgIpc) is 2.43. The van der Waals surface area contributed by atoms with Gasteiger partial charge in [0.15, 0.2) is 0 Å². The van der Waals surface area contributed by atoms with E-state index < -0.39 is 15.8 Å². The Balaban J connectivity index is 2.27. The summed E-state index contributed by atoms with van der Waals surface area (Å²) in [5.74, 6) is -0.555. The van der Waals surface area contributed by atoms with E-state index in [0.717, 1.165) is 6.07 Å². The van der Waals surface area contributed by atoms with Gasteiger partial charge in [-0.15, -0.1) is 0 Å². The van der Waals surface area contributed by atoms with Gasteiger partial charge in [-0.25, -0.2) is 12.8 Å². The minimum absolute atomic E-state index is 0.0398. The lowest BCUT2D eigenvalue weighted by atomic mass is 10.2. The van der Waals surface area contributed by atoms with Crippen LogP contribution >= 0.6 is 15.9 Å².